The molecular formula is C30H32N3O6S2+. The lowest BCUT2D eigenvalue weighted by atomic mass is 9.89. The highest BCUT2D eigenvalue weighted by atomic mass is 33.1. The molecular weight excluding hydrogens is 562 g/mol. The van der Waals surface area contributed by atoms with Crippen LogP contribution in [0.3, 0.4) is 0 Å². The molecule has 0 saturated heterocycles. The molecule has 2 aromatic rings. The first-order chi connectivity index (χ1) is 19.7. The molecule has 4 rings (SSSR count). The largest absolute Gasteiger partial charge is 0.478 e. The highest BCUT2D eigenvalue weighted by molar-refractivity contribution is 8.76. The minimum Gasteiger partial charge on any atom is -0.478 e. The van der Waals surface area contributed by atoms with E-state index in [-0.39, 0.29) is 17.0 Å². The lowest BCUT2D eigenvalue weighted by molar-refractivity contribution is -0.128. The Morgan fingerprint density at radius 1 is 1.02 bits per heavy atom. The second-order valence-electron chi connectivity index (χ2n) is 9.56. The highest BCUT2D eigenvalue weighted by Crippen LogP contribution is 2.42. The normalized spacial score (nSPS) is 10.9. The summed E-state index contributed by atoms with van der Waals surface area (Å²) < 4.78 is 13.0. The molecule has 11 heteroatoms. The average Bonchev–Trinajstić information content (AvgIpc) is 2.96. The van der Waals surface area contributed by atoms with Crippen LogP contribution >= 0.6 is 21.6 Å². The molecule has 2 aromatic carbocycles. The molecule has 1 amide bonds. The molecule has 0 saturated carbocycles. The number of ether oxygens (including phenoxy) is 1. The standard InChI is InChI=1S/C30H31N3O6S2/c1-32(2)20-6-9-23-26(16-20)39-27-17-21(33(3)4)7-10-24(27)28(23)22-8-5-19(15-25(22)30(36)37)29(35)31-11-13-40-41-14-12-38-18-34/h5-10,15-18H,11-14H2,1-4H3,(H-,31,35,36,37)/p+1. The molecule has 0 aromatic heterocycles. The van der Waals surface area contributed by atoms with Crippen molar-refractivity contribution in [2.75, 3.05) is 57.7 Å². The minimum atomic E-state index is -1.13. The Morgan fingerprint density at radius 2 is 1.78 bits per heavy atom. The van der Waals surface area contributed by atoms with Crippen molar-refractivity contribution >= 4 is 56.6 Å². The fourth-order valence-electron chi connectivity index (χ4n) is 4.35. The van der Waals surface area contributed by atoms with Crippen LogP contribution in [-0.4, -0.2) is 76.3 Å². The van der Waals surface area contributed by atoms with Crippen molar-refractivity contribution in [2.24, 2.45) is 0 Å². The molecule has 9 nitrogen and oxygen atoms in total. The van der Waals surface area contributed by atoms with Gasteiger partial charge >= 0.3 is 5.97 Å². The number of hydrogen-bond donors (Lipinski definition) is 2. The maximum absolute atomic E-state index is 12.9. The van der Waals surface area contributed by atoms with E-state index in [4.69, 9.17) is 4.42 Å². The number of amides is 1. The number of rotatable bonds is 12. The summed E-state index contributed by atoms with van der Waals surface area (Å²) in [5, 5.41) is 14.8. The number of carbonyl (C=O) groups is 3. The van der Waals surface area contributed by atoms with E-state index in [0.717, 1.165) is 27.6 Å². The third-order valence-electron chi connectivity index (χ3n) is 6.41. The first kappa shape index (κ1) is 30.0. The van der Waals surface area contributed by atoms with Gasteiger partial charge < -0.3 is 24.5 Å². The van der Waals surface area contributed by atoms with Crippen LogP contribution in [0.15, 0.2) is 59.0 Å². The van der Waals surface area contributed by atoms with E-state index in [1.165, 1.54) is 6.07 Å². The molecule has 0 radical (unpaired) electrons. The zero-order chi connectivity index (χ0) is 29.5. The predicted octanol–water partition coefficient (Wildman–Crippen LogP) is 4.28. The number of anilines is 1. The molecule has 41 heavy (non-hydrogen) atoms. The van der Waals surface area contributed by atoms with Crippen LogP contribution in [-0.2, 0) is 9.53 Å². The third kappa shape index (κ3) is 7.04. The maximum atomic E-state index is 12.9. The number of nitrogens with zero attached hydrogens (tertiary/aromatic N) is 2. The molecule has 0 fully saturated rings. The third-order valence-corrected chi connectivity index (χ3v) is 8.78. The van der Waals surface area contributed by atoms with E-state index in [2.05, 4.69) is 10.1 Å². The summed E-state index contributed by atoms with van der Waals surface area (Å²) in [5.41, 5.74) is 3.87. The minimum absolute atomic E-state index is 0.0277. The fourth-order valence-corrected chi connectivity index (χ4v) is 6.10. The highest BCUT2D eigenvalue weighted by Gasteiger charge is 2.23. The van der Waals surface area contributed by atoms with Gasteiger partial charge in [0.15, 0.2) is 0 Å². The summed E-state index contributed by atoms with van der Waals surface area (Å²) in [6.45, 7) is 1.17. The second-order valence-corrected chi connectivity index (χ2v) is 12.3. The van der Waals surface area contributed by atoms with Gasteiger partial charge in [-0.3, -0.25) is 9.59 Å². The molecule has 1 heterocycles. The van der Waals surface area contributed by atoms with Crippen molar-refractivity contribution in [2.45, 2.75) is 0 Å². The van der Waals surface area contributed by atoms with Gasteiger partial charge in [0.05, 0.1) is 11.6 Å². The number of fused-ring (bicyclic) bond motifs is 2. The Labute approximate surface area is 245 Å². The van der Waals surface area contributed by atoms with E-state index in [9.17, 15) is 19.5 Å². The van der Waals surface area contributed by atoms with Gasteiger partial charge in [-0.05, 0) is 35.9 Å². The van der Waals surface area contributed by atoms with Gasteiger partial charge in [-0.15, -0.1) is 0 Å². The summed E-state index contributed by atoms with van der Waals surface area (Å²) >= 11 is 0. The topological polar surface area (TPSA) is 112 Å². The van der Waals surface area contributed by atoms with Gasteiger partial charge in [0.25, 0.3) is 12.4 Å². The van der Waals surface area contributed by atoms with Gasteiger partial charge in [-0.1, -0.05) is 27.7 Å². The maximum Gasteiger partial charge on any atom is 0.336 e. The molecule has 2 aliphatic rings. The Kier molecular flexibility index (Phi) is 9.95. The molecule has 214 valence electrons. The van der Waals surface area contributed by atoms with Gasteiger partial charge in [-0.2, -0.15) is 0 Å². The van der Waals surface area contributed by atoms with E-state index in [1.54, 1.807) is 33.7 Å². The van der Waals surface area contributed by atoms with Gasteiger partial charge in [0.2, 0.25) is 5.36 Å². The first-order valence-corrected chi connectivity index (χ1v) is 15.3. The quantitative estimate of drug-likeness (QED) is 0.0816. The average molecular weight is 595 g/mol. The summed E-state index contributed by atoms with van der Waals surface area (Å²) in [4.78, 5) is 37.5. The molecule has 0 atom stereocenters. The Bertz CT molecular complexity index is 1630. The number of carboxylic acid groups (broad SMARTS) is 1. The molecule has 1 aliphatic heterocycles. The van der Waals surface area contributed by atoms with Crippen LogP contribution < -0.4 is 20.1 Å². The van der Waals surface area contributed by atoms with Gasteiger partial charge in [-0.25, -0.2) is 9.37 Å². The van der Waals surface area contributed by atoms with E-state index in [1.807, 2.05) is 74.1 Å². The number of carboxylic acids is 1. The molecule has 1 aliphatic carbocycles. The number of benzene rings is 3. The Balaban J connectivity index is 1.72. The number of carbonyl (C=O) groups excluding carboxylic acids is 2. The summed E-state index contributed by atoms with van der Waals surface area (Å²) in [6, 6.07) is 16.5. The van der Waals surface area contributed by atoms with Crippen LogP contribution in [0.1, 0.15) is 20.7 Å². The van der Waals surface area contributed by atoms with Crippen LogP contribution in [0.25, 0.3) is 33.4 Å². The van der Waals surface area contributed by atoms with E-state index < -0.39 is 5.97 Å². The van der Waals surface area contributed by atoms with Crippen molar-refractivity contribution in [1.82, 2.24) is 9.89 Å². The lowest BCUT2D eigenvalue weighted by Crippen LogP contribution is -2.26. The van der Waals surface area contributed by atoms with Crippen LogP contribution in [0.5, 0.6) is 0 Å². The second kappa shape index (κ2) is 13.6. The monoisotopic (exact) mass is 594 g/mol. The molecule has 0 bridgehead atoms. The van der Waals surface area contributed by atoms with Gasteiger partial charge in [0, 0.05) is 72.0 Å². The predicted molar refractivity (Wildman–Crippen MR) is 166 cm³/mol. The molecule has 0 spiro atoms. The SMILES string of the molecule is CN(C)c1ccc2c(-c3ccc(C(=O)NCCSSCCOC=O)cc3C(=O)O)c3ccc(=[N+](C)C)cc-3oc2c1. The van der Waals surface area contributed by atoms with Crippen molar-refractivity contribution in [3.05, 3.63) is 71.1 Å². The van der Waals surface area contributed by atoms with Gasteiger partial charge in [0.1, 0.15) is 32.0 Å². The number of aromatic carboxylic acids is 1. The first-order valence-electron chi connectivity index (χ1n) is 12.8. The fraction of sp³-hybridized carbons (Fsp3) is 0.267. The lowest BCUT2D eigenvalue weighted by Gasteiger charge is -2.19. The van der Waals surface area contributed by atoms with Crippen molar-refractivity contribution in [1.29, 1.82) is 0 Å². The number of nitrogens with one attached hydrogen (secondary N) is 1. The Hall–Kier alpha value is -3.96. The summed E-state index contributed by atoms with van der Waals surface area (Å²) in [7, 11) is 10.9. The Morgan fingerprint density at radius 3 is 2.49 bits per heavy atom. The summed E-state index contributed by atoms with van der Waals surface area (Å²) in [5.74, 6) is 0.454. The van der Waals surface area contributed by atoms with Crippen molar-refractivity contribution < 1.29 is 28.6 Å². The van der Waals surface area contributed by atoms with E-state index in [0.29, 0.717) is 48.0 Å². The van der Waals surface area contributed by atoms with Crippen LogP contribution in [0.2, 0.25) is 0 Å². The smallest absolute Gasteiger partial charge is 0.336 e. The zero-order valence-electron chi connectivity index (χ0n) is 23.3. The molecule has 2 N–H and O–H groups in total. The van der Waals surface area contributed by atoms with Crippen molar-refractivity contribution in [3.63, 3.8) is 0 Å². The summed E-state index contributed by atoms with van der Waals surface area (Å²) in [6.07, 6.45) is 0. The van der Waals surface area contributed by atoms with Crippen LogP contribution in [0, 0.1) is 0 Å². The molecule has 0 unspecified atom stereocenters. The van der Waals surface area contributed by atoms with E-state index >= 15 is 0 Å². The van der Waals surface area contributed by atoms with Crippen LogP contribution in [0.4, 0.5) is 5.69 Å². The number of hydrogen-bond acceptors (Lipinski definition) is 8. The zero-order valence-corrected chi connectivity index (χ0v) is 24.9. The van der Waals surface area contributed by atoms with Crippen molar-refractivity contribution in [3.8, 4) is 22.5 Å².